The van der Waals surface area contributed by atoms with Crippen LogP contribution < -0.4 is 0 Å². The SMILES string of the molecule is CC1(C)c2ccc(-c3cccc(-c4cccc(-n5c6ccccc6c6c7c8ccccc8n(-c8nc(-c9ccccc9)nc(-c9ccc(-c%10ccccc%10)cc9)n8)c7ccc65)c4)c3)cc2C(C)(C)C1(C)C. The summed E-state index contributed by atoms with van der Waals surface area (Å²) in [7, 11) is 0. The standard InChI is InChI=1S/C66H53N5/c1-64(2)53-36-35-49(41-54(53)65(3,4)66(64,5)6)47-24-17-23-46(39-47)48-25-18-26-50(40-48)70-55-29-15-13-27-51(55)59-57(70)37-38-58-60(59)52-28-14-16-30-56(52)71(58)63-68-61(44-21-11-8-12-22-44)67-62(69-63)45-33-31-43(32-34-45)42-19-9-7-10-20-42/h7-41H,1-6H3. The Bertz CT molecular complexity index is 4060. The maximum Gasteiger partial charge on any atom is 0.238 e. The normalized spacial score (nSPS) is 14.7. The first-order chi connectivity index (χ1) is 34.5. The van der Waals surface area contributed by atoms with Crippen LogP contribution in [0.3, 0.4) is 0 Å². The van der Waals surface area contributed by atoms with Gasteiger partial charge in [-0.3, -0.25) is 4.57 Å². The van der Waals surface area contributed by atoms with Crippen molar-refractivity contribution >= 4 is 43.6 Å². The van der Waals surface area contributed by atoms with Gasteiger partial charge in [0.05, 0.1) is 22.1 Å². The van der Waals surface area contributed by atoms with Crippen molar-refractivity contribution < 1.29 is 0 Å². The van der Waals surface area contributed by atoms with E-state index in [0.717, 1.165) is 55.2 Å². The van der Waals surface area contributed by atoms with E-state index in [1.165, 1.54) is 49.7 Å². The van der Waals surface area contributed by atoms with Crippen molar-refractivity contribution in [2.24, 2.45) is 5.41 Å². The third-order valence-electron chi connectivity index (χ3n) is 16.7. The van der Waals surface area contributed by atoms with Gasteiger partial charge in [0.1, 0.15) is 0 Å². The van der Waals surface area contributed by atoms with Gasteiger partial charge in [0, 0.05) is 38.4 Å². The Balaban J connectivity index is 0.956. The van der Waals surface area contributed by atoms with Gasteiger partial charge in [-0.25, -0.2) is 4.98 Å². The number of hydrogen-bond donors (Lipinski definition) is 0. The molecule has 3 aromatic heterocycles. The molecular weight excluding hydrogens is 863 g/mol. The average Bonchev–Trinajstić information content (AvgIpc) is 3.97. The zero-order chi connectivity index (χ0) is 48.2. The van der Waals surface area contributed by atoms with Crippen molar-refractivity contribution in [2.75, 3.05) is 0 Å². The predicted octanol–water partition coefficient (Wildman–Crippen LogP) is 17.0. The Kier molecular flexibility index (Phi) is 9.50. The largest absolute Gasteiger partial charge is 0.309 e. The highest BCUT2D eigenvalue weighted by molar-refractivity contribution is 6.28. The van der Waals surface area contributed by atoms with Crippen molar-refractivity contribution in [1.29, 1.82) is 0 Å². The molecule has 0 saturated heterocycles. The first-order valence-corrected chi connectivity index (χ1v) is 24.8. The lowest BCUT2D eigenvalue weighted by Crippen LogP contribution is -2.42. The lowest BCUT2D eigenvalue weighted by atomic mass is 9.59. The van der Waals surface area contributed by atoms with Gasteiger partial charge in [0.15, 0.2) is 11.6 Å². The zero-order valence-electron chi connectivity index (χ0n) is 40.9. The van der Waals surface area contributed by atoms with Crippen LogP contribution in [0, 0.1) is 5.41 Å². The molecule has 0 aliphatic heterocycles. The summed E-state index contributed by atoms with van der Waals surface area (Å²) in [5.74, 6) is 1.81. The van der Waals surface area contributed by atoms with Crippen LogP contribution in [0.2, 0.25) is 0 Å². The van der Waals surface area contributed by atoms with Crippen LogP contribution in [0.4, 0.5) is 0 Å². The fourth-order valence-corrected chi connectivity index (χ4v) is 11.7. The topological polar surface area (TPSA) is 48.5 Å². The van der Waals surface area contributed by atoms with E-state index in [1.54, 1.807) is 0 Å². The van der Waals surface area contributed by atoms with E-state index in [1.807, 2.05) is 24.3 Å². The molecule has 71 heavy (non-hydrogen) atoms. The van der Waals surface area contributed by atoms with Crippen LogP contribution in [0.25, 0.3) is 111 Å². The van der Waals surface area contributed by atoms with Crippen LogP contribution in [0.15, 0.2) is 212 Å². The molecule has 0 spiro atoms. The second kappa shape index (κ2) is 15.8. The Morgan fingerprint density at radius 1 is 0.310 bits per heavy atom. The third kappa shape index (κ3) is 6.49. The van der Waals surface area contributed by atoms with Gasteiger partial charge < -0.3 is 4.57 Å². The van der Waals surface area contributed by atoms with Crippen molar-refractivity contribution in [3.8, 4) is 67.8 Å². The maximum atomic E-state index is 5.30. The lowest BCUT2D eigenvalue weighted by Gasteiger charge is -2.44. The second-order valence-electron chi connectivity index (χ2n) is 20.9. The Morgan fingerprint density at radius 2 is 0.746 bits per heavy atom. The number of para-hydroxylation sites is 2. The minimum absolute atomic E-state index is 0.0371. The molecule has 0 unspecified atom stereocenters. The molecule has 5 heteroatoms. The van der Waals surface area contributed by atoms with Crippen LogP contribution in [-0.4, -0.2) is 24.1 Å². The van der Waals surface area contributed by atoms with E-state index >= 15 is 0 Å². The number of hydrogen-bond acceptors (Lipinski definition) is 3. The molecule has 0 amide bonds. The predicted molar refractivity (Wildman–Crippen MR) is 296 cm³/mol. The van der Waals surface area contributed by atoms with E-state index < -0.39 is 0 Å². The number of benzene rings is 9. The number of rotatable bonds is 7. The Hall–Kier alpha value is -8.41. The van der Waals surface area contributed by atoms with Crippen LogP contribution in [-0.2, 0) is 10.8 Å². The molecule has 1 aliphatic carbocycles. The summed E-state index contributed by atoms with van der Waals surface area (Å²) in [5.41, 5.74) is 17.6. The van der Waals surface area contributed by atoms with Crippen LogP contribution >= 0.6 is 0 Å². The molecule has 12 aromatic rings. The quantitative estimate of drug-likeness (QED) is 0.160. The molecule has 0 radical (unpaired) electrons. The van der Waals surface area contributed by atoms with Gasteiger partial charge in [-0.15, -0.1) is 0 Å². The molecule has 0 N–H and O–H groups in total. The first kappa shape index (κ1) is 42.7. The van der Waals surface area contributed by atoms with Crippen LogP contribution in [0.1, 0.15) is 52.7 Å². The van der Waals surface area contributed by atoms with E-state index in [2.05, 4.69) is 239 Å². The summed E-state index contributed by atoms with van der Waals surface area (Å²) in [6, 6.07) is 76.4. The first-order valence-electron chi connectivity index (χ1n) is 24.8. The molecule has 0 bridgehead atoms. The van der Waals surface area contributed by atoms with Gasteiger partial charge in [0.25, 0.3) is 0 Å². The summed E-state index contributed by atoms with van der Waals surface area (Å²) in [4.78, 5) is 15.7. The summed E-state index contributed by atoms with van der Waals surface area (Å²) in [5, 5.41) is 4.69. The smallest absolute Gasteiger partial charge is 0.238 e. The highest BCUT2D eigenvalue weighted by Crippen LogP contribution is 2.62. The lowest BCUT2D eigenvalue weighted by molar-refractivity contribution is 0.125. The van der Waals surface area contributed by atoms with E-state index in [9.17, 15) is 0 Å². The monoisotopic (exact) mass is 915 g/mol. The fraction of sp³-hybridized carbons (Fsp3) is 0.136. The van der Waals surface area contributed by atoms with Gasteiger partial charge in [-0.1, -0.05) is 211 Å². The fourth-order valence-electron chi connectivity index (χ4n) is 11.7. The van der Waals surface area contributed by atoms with E-state index in [0.29, 0.717) is 17.6 Å². The molecule has 9 aromatic carbocycles. The molecule has 13 rings (SSSR count). The minimum atomic E-state index is 0.0371. The highest BCUT2D eigenvalue weighted by atomic mass is 15.2. The molecule has 0 saturated carbocycles. The third-order valence-corrected chi connectivity index (χ3v) is 16.7. The summed E-state index contributed by atoms with van der Waals surface area (Å²) >= 11 is 0. The molecule has 3 heterocycles. The number of aromatic nitrogens is 5. The van der Waals surface area contributed by atoms with E-state index in [-0.39, 0.29) is 16.2 Å². The number of nitrogens with zero attached hydrogens (tertiary/aromatic N) is 5. The van der Waals surface area contributed by atoms with Gasteiger partial charge in [-0.2, -0.15) is 9.97 Å². The second-order valence-corrected chi connectivity index (χ2v) is 20.9. The summed E-state index contributed by atoms with van der Waals surface area (Å²) < 4.78 is 4.66. The van der Waals surface area contributed by atoms with E-state index in [4.69, 9.17) is 15.0 Å². The van der Waals surface area contributed by atoms with Crippen molar-refractivity contribution in [1.82, 2.24) is 24.1 Å². The molecule has 5 nitrogen and oxygen atoms in total. The molecule has 1 aliphatic rings. The van der Waals surface area contributed by atoms with Crippen molar-refractivity contribution in [2.45, 2.75) is 52.4 Å². The Morgan fingerprint density at radius 3 is 1.38 bits per heavy atom. The molecule has 0 fully saturated rings. The van der Waals surface area contributed by atoms with Gasteiger partial charge in [0.2, 0.25) is 5.95 Å². The molecule has 342 valence electrons. The summed E-state index contributed by atoms with van der Waals surface area (Å²) in [6.07, 6.45) is 0. The average molecular weight is 916 g/mol. The van der Waals surface area contributed by atoms with Crippen LogP contribution in [0.5, 0.6) is 0 Å². The maximum absolute atomic E-state index is 5.30. The Labute approximate surface area is 414 Å². The minimum Gasteiger partial charge on any atom is -0.309 e. The molecule has 0 atom stereocenters. The summed E-state index contributed by atoms with van der Waals surface area (Å²) in [6.45, 7) is 14.5. The molecular formula is C66H53N5. The highest BCUT2D eigenvalue weighted by Gasteiger charge is 2.56. The van der Waals surface area contributed by atoms with Gasteiger partial charge in [-0.05, 0) is 103 Å². The van der Waals surface area contributed by atoms with Gasteiger partial charge >= 0.3 is 0 Å². The van der Waals surface area contributed by atoms with Crippen molar-refractivity contribution in [3.63, 3.8) is 0 Å². The number of fused-ring (bicyclic) bond motifs is 8. The van der Waals surface area contributed by atoms with Crippen molar-refractivity contribution in [3.05, 3.63) is 223 Å². The zero-order valence-corrected chi connectivity index (χ0v) is 40.9.